The second-order valence-corrected chi connectivity index (χ2v) is 5.50. The zero-order chi connectivity index (χ0) is 21.3. The summed E-state index contributed by atoms with van der Waals surface area (Å²) < 4.78 is 13.8. The number of carbonyl (C=O) groups excluding carboxylic acids is 4. The number of hydrogen-bond donors (Lipinski definition) is 3. The fourth-order valence-electron chi connectivity index (χ4n) is 2.28. The molecular formula is C18H23N3O7. The van der Waals surface area contributed by atoms with Crippen LogP contribution in [0.1, 0.15) is 28.4 Å². The van der Waals surface area contributed by atoms with E-state index in [1.54, 1.807) is 32.9 Å². The van der Waals surface area contributed by atoms with Gasteiger partial charge in [0, 0.05) is 0 Å². The summed E-state index contributed by atoms with van der Waals surface area (Å²) in [7, 11) is 2.30. The van der Waals surface area contributed by atoms with E-state index in [2.05, 4.69) is 30.4 Å². The molecule has 0 aromatic heterocycles. The van der Waals surface area contributed by atoms with Crippen LogP contribution in [0.15, 0.2) is 23.9 Å². The molecule has 10 nitrogen and oxygen atoms in total. The minimum absolute atomic E-state index is 0.138. The minimum atomic E-state index is -0.833. The first-order valence-corrected chi connectivity index (χ1v) is 8.22. The van der Waals surface area contributed by atoms with Crippen molar-refractivity contribution in [2.45, 2.75) is 20.8 Å². The average molecular weight is 393 g/mol. The molecule has 1 aromatic carbocycles. The standard InChI is InChI=1S/C18H23N3O7/c1-6-28-18(25)21-20-16(23)15-11(3)7-10(2)8-12(15)19-13(17(24)27-5)9-14(22)26-4/h7-9,19H,6H2,1-5H3,(H,20,23)(H,21,25)/b13-9+. The highest BCUT2D eigenvalue weighted by Crippen LogP contribution is 2.24. The maximum Gasteiger partial charge on any atom is 0.426 e. The molecular weight excluding hydrogens is 370 g/mol. The van der Waals surface area contributed by atoms with Crippen LogP contribution in [0.5, 0.6) is 0 Å². The minimum Gasteiger partial charge on any atom is -0.466 e. The molecule has 0 atom stereocenters. The number of esters is 2. The molecule has 1 aromatic rings. The number of ether oxygens (including phenoxy) is 3. The smallest absolute Gasteiger partial charge is 0.426 e. The molecule has 3 N–H and O–H groups in total. The normalized spacial score (nSPS) is 10.5. The Morgan fingerprint density at radius 2 is 1.71 bits per heavy atom. The number of aryl methyl sites for hydroxylation is 2. The van der Waals surface area contributed by atoms with Crippen LogP contribution in [0.3, 0.4) is 0 Å². The van der Waals surface area contributed by atoms with Crippen molar-refractivity contribution in [1.82, 2.24) is 10.9 Å². The van der Waals surface area contributed by atoms with Crippen molar-refractivity contribution < 1.29 is 33.4 Å². The Morgan fingerprint density at radius 1 is 1.04 bits per heavy atom. The molecule has 0 saturated heterocycles. The van der Waals surface area contributed by atoms with Crippen LogP contribution in [0.4, 0.5) is 10.5 Å². The Labute approximate surface area is 162 Å². The largest absolute Gasteiger partial charge is 0.466 e. The van der Waals surface area contributed by atoms with Gasteiger partial charge in [-0.1, -0.05) is 6.07 Å². The van der Waals surface area contributed by atoms with E-state index < -0.39 is 23.9 Å². The number of hydrazine groups is 1. The van der Waals surface area contributed by atoms with Crippen molar-refractivity contribution in [2.75, 3.05) is 26.1 Å². The maximum atomic E-state index is 12.6. The van der Waals surface area contributed by atoms with Crippen LogP contribution < -0.4 is 16.2 Å². The first kappa shape index (κ1) is 22.5. The maximum absolute atomic E-state index is 12.6. The summed E-state index contributed by atoms with van der Waals surface area (Å²) >= 11 is 0. The van der Waals surface area contributed by atoms with Gasteiger partial charge in [0.2, 0.25) is 0 Å². The van der Waals surface area contributed by atoms with Gasteiger partial charge >= 0.3 is 18.0 Å². The summed E-state index contributed by atoms with van der Waals surface area (Å²) in [5.41, 5.74) is 5.82. The molecule has 2 amide bonds. The van der Waals surface area contributed by atoms with Gasteiger partial charge in [0.1, 0.15) is 5.70 Å². The lowest BCUT2D eigenvalue weighted by atomic mass is 10.0. The van der Waals surface area contributed by atoms with Crippen LogP contribution in [0.25, 0.3) is 0 Å². The lowest BCUT2D eigenvalue weighted by Crippen LogP contribution is -2.42. The second-order valence-electron chi connectivity index (χ2n) is 5.50. The molecule has 0 aliphatic carbocycles. The van der Waals surface area contributed by atoms with E-state index in [1.165, 1.54) is 0 Å². The Kier molecular flexibility index (Phi) is 8.47. The zero-order valence-electron chi connectivity index (χ0n) is 16.3. The Hall–Kier alpha value is -3.56. The van der Waals surface area contributed by atoms with Crippen LogP contribution >= 0.6 is 0 Å². The summed E-state index contributed by atoms with van der Waals surface area (Å²) in [4.78, 5) is 47.4. The van der Waals surface area contributed by atoms with Crippen LogP contribution in [-0.2, 0) is 23.8 Å². The summed E-state index contributed by atoms with van der Waals surface area (Å²) in [5, 5.41) is 2.72. The van der Waals surface area contributed by atoms with Crippen molar-refractivity contribution in [3.8, 4) is 0 Å². The van der Waals surface area contributed by atoms with E-state index >= 15 is 0 Å². The molecule has 0 aliphatic heterocycles. The molecule has 0 aliphatic rings. The van der Waals surface area contributed by atoms with E-state index in [-0.39, 0.29) is 23.6 Å². The summed E-state index contributed by atoms with van der Waals surface area (Å²) in [5.74, 6) is -2.27. The Balaban J connectivity index is 3.25. The number of amides is 2. The van der Waals surface area contributed by atoms with Gasteiger partial charge in [0.05, 0.1) is 38.2 Å². The number of nitrogens with one attached hydrogen (secondary N) is 3. The number of hydrogen-bond acceptors (Lipinski definition) is 8. The van der Waals surface area contributed by atoms with Gasteiger partial charge < -0.3 is 19.5 Å². The molecule has 1 rings (SSSR count). The van der Waals surface area contributed by atoms with Gasteiger partial charge in [0.25, 0.3) is 5.91 Å². The lowest BCUT2D eigenvalue weighted by molar-refractivity contribution is -0.138. The molecule has 0 unspecified atom stereocenters. The van der Waals surface area contributed by atoms with E-state index in [0.717, 1.165) is 25.9 Å². The van der Waals surface area contributed by atoms with Crippen molar-refractivity contribution in [3.05, 3.63) is 40.6 Å². The second kappa shape index (κ2) is 10.6. The van der Waals surface area contributed by atoms with Crippen molar-refractivity contribution in [2.24, 2.45) is 0 Å². The summed E-state index contributed by atoms with van der Waals surface area (Å²) in [6.07, 6.45) is 0.0816. The first-order chi connectivity index (χ1) is 13.2. The summed E-state index contributed by atoms with van der Waals surface area (Å²) in [6.45, 7) is 5.23. The molecule has 0 spiro atoms. The van der Waals surface area contributed by atoms with Gasteiger partial charge in [-0.3, -0.25) is 10.2 Å². The molecule has 0 radical (unpaired) electrons. The monoisotopic (exact) mass is 393 g/mol. The van der Waals surface area contributed by atoms with Gasteiger partial charge in [-0.25, -0.2) is 19.8 Å². The lowest BCUT2D eigenvalue weighted by Gasteiger charge is -2.17. The summed E-state index contributed by atoms with van der Waals surface area (Å²) in [6, 6.07) is 3.34. The zero-order valence-corrected chi connectivity index (χ0v) is 16.3. The molecule has 28 heavy (non-hydrogen) atoms. The third-order valence-electron chi connectivity index (χ3n) is 3.40. The predicted octanol–water partition coefficient (Wildman–Crippen LogP) is 1.34. The number of anilines is 1. The van der Waals surface area contributed by atoms with Crippen molar-refractivity contribution in [3.63, 3.8) is 0 Å². The average Bonchev–Trinajstić information content (AvgIpc) is 2.64. The van der Waals surface area contributed by atoms with E-state index in [1.807, 2.05) is 0 Å². The highest BCUT2D eigenvalue weighted by molar-refractivity contribution is 6.04. The van der Waals surface area contributed by atoms with Crippen LogP contribution in [-0.4, -0.2) is 44.8 Å². The molecule has 10 heteroatoms. The SMILES string of the molecule is CCOC(=O)NNC(=O)c1c(C)cc(C)cc1N/C(=C/C(=O)OC)C(=O)OC. The van der Waals surface area contributed by atoms with Crippen molar-refractivity contribution in [1.29, 1.82) is 0 Å². The fourth-order valence-corrected chi connectivity index (χ4v) is 2.28. The highest BCUT2D eigenvalue weighted by atomic mass is 16.6. The molecule has 0 heterocycles. The number of carbonyl (C=O) groups is 4. The molecule has 0 bridgehead atoms. The predicted molar refractivity (Wildman–Crippen MR) is 99.3 cm³/mol. The third-order valence-corrected chi connectivity index (χ3v) is 3.40. The highest BCUT2D eigenvalue weighted by Gasteiger charge is 2.20. The van der Waals surface area contributed by atoms with E-state index in [4.69, 9.17) is 0 Å². The van der Waals surface area contributed by atoms with Crippen molar-refractivity contribution >= 4 is 29.6 Å². The van der Waals surface area contributed by atoms with Gasteiger partial charge in [-0.2, -0.15) is 0 Å². The molecule has 0 fully saturated rings. The number of methoxy groups -OCH3 is 2. The van der Waals surface area contributed by atoms with Gasteiger partial charge in [-0.05, 0) is 38.0 Å². The van der Waals surface area contributed by atoms with Crippen LogP contribution in [0, 0.1) is 13.8 Å². The van der Waals surface area contributed by atoms with E-state index in [9.17, 15) is 19.2 Å². The quantitative estimate of drug-likeness (QED) is 0.285. The fraction of sp³-hybridized carbons (Fsp3) is 0.333. The van der Waals surface area contributed by atoms with E-state index in [0.29, 0.717) is 5.56 Å². The van der Waals surface area contributed by atoms with Gasteiger partial charge in [-0.15, -0.1) is 0 Å². The number of rotatable bonds is 6. The molecule has 152 valence electrons. The number of benzene rings is 1. The Morgan fingerprint density at radius 3 is 2.29 bits per heavy atom. The topological polar surface area (TPSA) is 132 Å². The Bertz CT molecular complexity index is 803. The third kappa shape index (κ3) is 6.31. The molecule has 0 saturated carbocycles. The van der Waals surface area contributed by atoms with Crippen LogP contribution in [0.2, 0.25) is 0 Å². The van der Waals surface area contributed by atoms with Gasteiger partial charge in [0.15, 0.2) is 0 Å². The first-order valence-electron chi connectivity index (χ1n) is 8.22.